The van der Waals surface area contributed by atoms with Gasteiger partial charge in [0.15, 0.2) is 0 Å². The van der Waals surface area contributed by atoms with Gasteiger partial charge in [0.2, 0.25) is 0 Å². The van der Waals surface area contributed by atoms with Gasteiger partial charge in [-0.25, -0.2) is 4.39 Å². The number of Topliss-reactive ketones (excluding diaryl/α,β-unsaturated/α-hetero) is 2. The van der Waals surface area contributed by atoms with Crippen molar-refractivity contribution in [2.45, 2.75) is 20.3 Å². The van der Waals surface area contributed by atoms with Crippen molar-refractivity contribution in [2.75, 3.05) is 0 Å². The molecule has 0 saturated heterocycles. The summed E-state index contributed by atoms with van der Waals surface area (Å²) in [5, 5.41) is 0. The molecule has 2 nitrogen and oxygen atoms in total. The van der Waals surface area contributed by atoms with Crippen LogP contribution in [0, 0.1) is 18.8 Å². The number of halogens is 1. The van der Waals surface area contributed by atoms with E-state index in [2.05, 4.69) is 6.07 Å². The zero-order valence-electron chi connectivity index (χ0n) is 8.63. The summed E-state index contributed by atoms with van der Waals surface area (Å²) in [5.41, 5.74) is 0.563. The molecule has 0 bridgehead atoms. The fourth-order valence-corrected chi connectivity index (χ4v) is 1.02. The topological polar surface area (TPSA) is 34.1 Å². The molecule has 0 saturated carbocycles. The molecule has 0 amide bonds. The molecule has 1 aromatic carbocycles. The molecule has 0 radical (unpaired) electrons. The number of aryl methyl sites for hydroxylation is 1. The molecule has 0 fully saturated rings. The van der Waals surface area contributed by atoms with E-state index >= 15 is 0 Å². The smallest absolute Gasteiger partial charge is 0.351 e. The van der Waals surface area contributed by atoms with Crippen LogP contribution in [0.15, 0.2) is 12.1 Å². The van der Waals surface area contributed by atoms with Crippen LogP contribution in [0.3, 0.4) is 0 Å². The molecule has 0 spiro atoms. The van der Waals surface area contributed by atoms with Crippen molar-refractivity contribution in [3.05, 3.63) is 35.1 Å². The van der Waals surface area contributed by atoms with Crippen LogP contribution in [0.2, 0.25) is 0 Å². The average Bonchev–Trinajstić information content (AvgIpc) is 2.08. The molecule has 0 aliphatic rings. The third-order valence-corrected chi connectivity index (χ3v) is 1.80. The van der Waals surface area contributed by atoms with E-state index in [1.165, 1.54) is 13.0 Å². The molecule has 0 atom stereocenters. The van der Waals surface area contributed by atoms with Crippen LogP contribution in [0.5, 0.6) is 0 Å². The van der Waals surface area contributed by atoms with Gasteiger partial charge in [-0.15, -0.1) is 23.8 Å². The van der Waals surface area contributed by atoms with Gasteiger partial charge in [0, 0.05) is 12.2 Å². The van der Waals surface area contributed by atoms with Gasteiger partial charge < -0.3 is 9.59 Å². The fourth-order valence-electron chi connectivity index (χ4n) is 1.02. The first-order chi connectivity index (χ1) is 6.50. The Labute approximate surface area is 113 Å². The SMILES string of the molecule is CC(=O)CC(=O)c1[c-]cc(C)c(F)c1.[Y+3]. The average molecular weight is 282 g/mol. The summed E-state index contributed by atoms with van der Waals surface area (Å²) in [7, 11) is 0. The van der Waals surface area contributed by atoms with Crippen LogP contribution >= 0.6 is 0 Å². The van der Waals surface area contributed by atoms with Crippen molar-refractivity contribution < 1.29 is 46.7 Å². The minimum atomic E-state index is -0.448. The first kappa shape index (κ1) is 14.6. The number of carbonyl (C=O) groups is 2. The second-order valence-electron chi connectivity index (χ2n) is 3.18. The molecule has 1 aromatic rings. The van der Waals surface area contributed by atoms with Crippen molar-refractivity contribution in [3.8, 4) is 0 Å². The van der Waals surface area contributed by atoms with E-state index in [4.69, 9.17) is 0 Å². The largest absolute Gasteiger partial charge is 3.00 e. The zero-order chi connectivity index (χ0) is 10.7. The normalized spacial score (nSPS) is 9.27. The van der Waals surface area contributed by atoms with E-state index in [0.717, 1.165) is 6.07 Å². The zero-order valence-corrected chi connectivity index (χ0v) is 11.5. The predicted octanol–water partition coefficient (Wildman–Crippen LogP) is 2.09. The molecule has 0 N–H and O–H groups in total. The van der Waals surface area contributed by atoms with E-state index in [0.29, 0.717) is 5.56 Å². The van der Waals surface area contributed by atoms with Crippen LogP contribution in [0.4, 0.5) is 4.39 Å². The van der Waals surface area contributed by atoms with Crippen LogP contribution in [-0.2, 0) is 37.5 Å². The summed E-state index contributed by atoms with van der Waals surface area (Å²) in [6.45, 7) is 2.91. The fraction of sp³-hybridized carbons (Fsp3) is 0.273. The van der Waals surface area contributed by atoms with Crippen molar-refractivity contribution >= 4 is 11.6 Å². The quantitative estimate of drug-likeness (QED) is 0.483. The van der Waals surface area contributed by atoms with Crippen LogP contribution in [0.1, 0.15) is 29.3 Å². The Morgan fingerprint density at radius 1 is 1.47 bits per heavy atom. The van der Waals surface area contributed by atoms with Gasteiger partial charge >= 0.3 is 32.7 Å². The summed E-state index contributed by atoms with van der Waals surface area (Å²) in [6.07, 6.45) is -0.195. The maximum Gasteiger partial charge on any atom is 3.00 e. The van der Waals surface area contributed by atoms with E-state index < -0.39 is 11.6 Å². The molecule has 0 heterocycles. The molecular formula is C11H10FO2Y+2. The van der Waals surface area contributed by atoms with Gasteiger partial charge in [0.1, 0.15) is 5.78 Å². The maximum atomic E-state index is 13.0. The van der Waals surface area contributed by atoms with Gasteiger partial charge in [-0.2, -0.15) is 0 Å². The van der Waals surface area contributed by atoms with Crippen LogP contribution in [-0.4, -0.2) is 11.6 Å². The molecule has 15 heavy (non-hydrogen) atoms. The monoisotopic (exact) mass is 282 g/mol. The Kier molecular flexibility index (Phi) is 6.07. The maximum absolute atomic E-state index is 13.0. The Morgan fingerprint density at radius 3 is 2.53 bits per heavy atom. The Bertz CT molecular complexity index is 388. The first-order valence-electron chi connectivity index (χ1n) is 4.21. The summed E-state index contributed by atoms with van der Waals surface area (Å²) in [5.74, 6) is -1.07. The van der Waals surface area contributed by atoms with Gasteiger partial charge in [-0.05, 0) is 6.92 Å². The van der Waals surface area contributed by atoms with Gasteiger partial charge in [0.25, 0.3) is 0 Å². The van der Waals surface area contributed by atoms with Crippen molar-refractivity contribution in [1.29, 1.82) is 0 Å². The molecule has 0 unspecified atom stereocenters. The minimum Gasteiger partial charge on any atom is -0.351 e. The summed E-state index contributed by atoms with van der Waals surface area (Å²) in [4.78, 5) is 22.0. The molecule has 0 aromatic heterocycles. The third-order valence-electron chi connectivity index (χ3n) is 1.80. The minimum absolute atomic E-state index is 0. The van der Waals surface area contributed by atoms with Gasteiger partial charge in [-0.1, -0.05) is 12.5 Å². The standard InChI is InChI=1S/C11H10FO2.Y/c1-7-3-4-9(6-10(7)12)11(14)5-8(2)13;/h3,6H,5H2,1-2H3;/q-1;+3. The number of hydrogen-bond acceptors (Lipinski definition) is 2. The molecule has 1 rings (SSSR count). The van der Waals surface area contributed by atoms with Gasteiger partial charge in [-0.3, -0.25) is 0 Å². The van der Waals surface area contributed by atoms with Crippen LogP contribution in [0.25, 0.3) is 0 Å². The van der Waals surface area contributed by atoms with E-state index in [-0.39, 0.29) is 50.5 Å². The third kappa shape index (κ3) is 4.31. The van der Waals surface area contributed by atoms with E-state index in [9.17, 15) is 14.0 Å². The molecule has 0 aliphatic heterocycles. The molecule has 4 heteroatoms. The second-order valence-corrected chi connectivity index (χ2v) is 3.18. The summed E-state index contributed by atoms with van der Waals surface area (Å²) >= 11 is 0. The van der Waals surface area contributed by atoms with Crippen LogP contribution < -0.4 is 0 Å². The Hall–Kier alpha value is -0.406. The van der Waals surface area contributed by atoms with E-state index in [1.807, 2.05) is 0 Å². The second kappa shape index (κ2) is 6.24. The summed E-state index contributed by atoms with van der Waals surface area (Å²) < 4.78 is 13.0. The molecule has 74 valence electrons. The number of benzene rings is 1. The van der Waals surface area contributed by atoms with Crippen molar-refractivity contribution in [1.82, 2.24) is 0 Å². The molecular weight excluding hydrogens is 272 g/mol. The number of hydrogen-bond donors (Lipinski definition) is 0. The number of carbonyl (C=O) groups excluding carboxylic acids is 2. The summed E-state index contributed by atoms with van der Waals surface area (Å²) in [6, 6.07) is 5.16. The predicted molar refractivity (Wildman–Crippen MR) is 49.6 cm³/mol. The number of ketones is 2. The van der Waals surface area contributed by atoms with Crippen molar-refractivity contribution in [3.63, 3.8) is 0 Å². The molecule has 0 aliphatic carbocycles. The Morgan fingerprint density at radius 2 is 2.07 bits per heavy atom. The van der Waals surface area contributed by atoms with E-state index in [1.54, 1.807) is 6.92 Å². The number of rotatable bonds is 3. The van der Waals surface area contributed by atoms with Gasteiger partial charge in [0.05, 0.1) is 5.78 Å². The Balaban J connectivity index is 0.00000196. The first-order valence-corrected chi connectivity index (χ1v) is 4.21. The van der Waals surface area contributed by atoms with Crippen molar-refractivity contribution in [2.24, 2.45) is 0 Å².